The fraction of sp³-hybridized carbons (Fsp3) is 0.525. The normalized spacial score (nSPS) is 19.9. The van der Waals surface area contributed by atoms with Gasteiger partial charge in [-0.25, -0.2) is 21.6 Å². The first-order valence-corrected chi connectivity index (χ1v) is 22.0. The van der Waals surface area contributed by atoms with E-state index < -0.39 is 55.1 Å². The van der Waals surface area contributed by atoms with Crippen LogP contribution in [0.3, 0.4) is 0 Å². The molecule has 3 aromatic rings. The number of amides is 1. The van der Waals surface area contributed by atoms with Gasteiger partial charge in [-0.3, -0.25) is 0 Å². The Morgan fingerprint density at radius 2 is 1.68 bits per heavy atom. The van der Waals surface area contributed by atoms with Crippen molar-refractivity contribution in [2.75, 3.05) is 46.1 Å². The monoisotopic (exact) mass is 815 g/mol. The lowest BCUT2D eigenvalue weighted by molar-refractivity contribution is -0.0319. The average Bonchev–Trinajstić information content (AvgIpc) is 3.91. The number of sulfone groups is 1. The van der Waals surface area contributed by atoms with Gasteiger partial charge < -0.3 is 39.7 Å². The number of aliphatic hydroxyl groups is 2. The fourth-order valence-corrected chi connectivity index (χ4v) is 10.9. The number of hydrogen-bond acceptors (Lipinski definition) is 11. The quantitative estimate of drug-likeness (QED) is 0.152. The Bertz CT molecular complexity index is 2060. The van der Waals surface area contributed by atoms with Gasteiger partial charge in [0.1, 0.15) is 29.1 Å². The van der Waals surface area contributed by atoms with Gasteiger partial charge in [-0.05, 0) is 86.1 Å². The van der Waals surface area contributed by atoms with Crippen LogP contribution < -0.4 is 14.8 Å². The average molecular weight is 816 g/mol. The van der Waals surface area contributed by atoms with E-state index in [4.69, 9.17) is 14.2 Å². The van der Waals surface area contributed by atoms with Gasteiger partial charge in [-0.1, -0.05) is 50.2 Å². The molecule has 0 radical (unpaired) electrons. The van der Waals surface area contributed by atoms with Gasteiger partial charge in [0.25, 0.3) is 0 Å². The van der Waals surface area contributed by atoms with Gasteiger partial charge in [0.2, 0.25) is 10.0 Å². The molecule has 1 amide bonds. The zero-order valence-corrected chi connectivity index (χ0v) is 33.7. The summed E-state index contributed by atoms with van der Waals surface area (Å²) in [6, 6.07) is 18.8. The Hall–Kier alpha value is -3.77. The van der Waals surface area contributed by atoms with Gasteiger partial charge in [0, 0.05) is 25.7 Å². The zero-order valence-electron chi connectivity index (χ0n) is 32.1. The minimum atomic E-state index is -3.98. The number of carboxylic acid groups (broad SMARTS) is 1. The summed E-state index contributed by atoms with van der Waals surface area (Å²) in [6.07, 6.45) is -0.690. The maximum Gasteiger partial charge on any atom is 0.407 e. The minimum Gasteiger partial charge on any atom is -0.492 e. The highest BCUT2D eigenvalue weighted by Gasteiger charge is 2.54. The van der Waals surface area contributed by atoms with Crippen molar-refractivity contribution in [3.05, 3.63) is 72.3 Å². The van der Waals surface area contributed by atoms with Gasteiger partial charge in [-0.15, -0.1) is 0 Å². The number of ether oxygens (including phenoxy) is 3. The molecule has 2 saturated heterocycles. The highest BCUT2D eigenvalue weighted by atomic mass is 32.2. The highest BCUT2D eigenvalue weighted by Crippen LogP contribution is 2.47. The number of nitrogens with one attached hydrogen (secondary N) is 1. The van der Waals surface area contributed by atoms with Crippen LogP contribution in [0, 0.1) is 0 Å². The Balaban J connectivity index is 1.07. The Morgan fingerprint density at radius 3 is 2.30 bits per heavy atom. The number of benzene rings is 3. The van der Waals surface area contributed by atoms with Crippen molar-refractivity contribution in [3.63, 3.8) is 0 Å². The standard InChI is InChI=1S/C40H53N3O11S2/c1-4-52-36-13-12-31(30-10-8-29(9-11-30)23-41-28(2)3)20-37(36)56(50,51)42-18-16-39(17-19-42)22-32(25-54-39)43(38(46)47)24-33(45)26-53-34-6-5-7-35(21-34)55(48,49)40(27-44)14-15-40/h5-13,20-21,28,32-33,41,44-45H,4,14-19,22-27H2,1-3H3,(H,46,47)/t32-,33+/m1/s1. The lowest BCUT2D eigenvalue weighted by atomic mass is 9.88. The van der Waals surface area contributed by atoms with Gasteiger partial charge >= 0.3 is 6.09 Å². The Labute approximate surface area is 329 Å². The molecule has 4 N–H and O–H groups in total. The summed E-state index contributed by atoms with van der Waals surface area (Å²) in [5.41, 5.74) is 2.02. The molecule has 0 unspecified atom stereocenters. The Morgan fingerprint density at radius 1 is 0.982 bits per heavy atom. The molecular weight excluding hydrogens is 763 g/mol. The van der Waals surface area contributed by atoms with E-state index in [0.717, 1.165) is 28.1 Å². The molecule has 14 nitrogen and oxygen atoms in total. The second kappa shape index (κ2) is 17.0. The molecule has 56 heavy (non-hydrogen) atoms. The third-order valence-electron chi connectivity index (χ3n) is 11.0. The molecule has 0 aromatic heterocycles. The molecule has 3 fully saturated rings. The smallest absolute Gasteiger partial charge is 0.407 e. The summed E-state index contributed by atoms with van der Waals surface area (Å²) in [5, 5.41) is 34.0. The molecule has 306 valence electrons. The first kappa shape index (κ1) is 41.9. The number of carbonyl (C=O) groups is 1. The van der Waals surface area contributed by atoms with Crippen LogP contribution in [0.2, 0.25) is 0 Å². The Kier molecular flexibility index (Phi) is 12.7. The van der Waals surface area contributed by atoms with Crippen LogP contribution in [0.15, 0.2) is 76.5 Å². The molecule has 2 aliphatic heterocycles. The number of sulfonamides is 1. The van der Waals surface area contributed by atoms with Crippen LogP contribution in [-0.2, 0) is 31.1 Å². The molecule has 3 aromatic carbocycles. The van der Waals surface area contributed by atoms with Crippen molar-refractivity contribution in [3.8, 4) is 22.6 Å². The maximum atomic E-state index is 14.2. The van der Waals surface area contributed by atoms with E-state index in [1.807, 2.05) is 30.3 Å². The summed E-state index contributed by atoms with van der Waals surface area (Å²) >= 11 is 0. The summed E-state index contributed by atoms with van der Waals surface area (Å²) in [7, 11) is -7.75. The molecular formula is C40H53N3O11S2. The topological polar surface area (TPSA) is 192 Å². The first-order valence-electron chi connectivity index (χ1n) is 19.1. The van der Waals surface area contributed by atoms with Crippen LogP contribution >= 0.6 is 0 Å². The third-order valence-corrected chi connectivity index (χ3v) is 15.5. The molecule has 1 aliphatic carbocycles. The van der Waals surface area contributed by atoms with Crippen molar-refractivity contribution < 1.29 is 51.2 Å². The number of hydrogen-bond donors (Lipinski definition) is 4. The SMILES string of the molecule is CCOc1ccc(-c2ccc(CNC(C)C)cc2)cc1S(=O)(=O)N1CCC2(CC1)C[C@@H](N(C[C@H](O)COc1cccc(S(=O)(=O)C3(CO)CC3)c1)C(=O)O)CO2. The van der Waals surface area contributed by atoms with E-state index in [2.05, 4.69) is 19.2 Å². The van der Waals surface area contributed by atoms with Gasteiger partial charge in [0.05, 0.1) is 47.7 Å². The fourth-order valence-electron chi connectivity index (χ4n) is 7.43. The van der Waals surface area contributed by atoms with Gasteiger partial charge in [-0.2, -0.15) is 4.31 Å². The second-order valence-electron chi connectivity index (χ2n) is 15.3. The predicted molar refractivity (Wildman–Crippen MR) is 209 cm³/mol. The lowest BCUT2D eigenvalue weighted by Crippen LogP contribution is -2.48. The molecule has 2 heterocycles. The van der Waals surface area contributed by atoms with E-state index in [1.165, 1.54) is 22.5 Å². The number of nitrogens with zero attached hydrogens (tertiary/aromatic N) is 2. The molecule has 1 saturated carbocycles. The molecule has 16 heteroatoms. The van der Waals surface area contributed by atoms with Crippen molar-refractivity contribution in [1.82, 2.24) is 14.5 Å². The molecule has 0 bridgehead atoms. The van der Waals surface area contributed by atoms with Crippen molar-refractivity contribution in [1.29, 1.82) is 0 Å². The van der Waals surface area contributed by atoms with Crippen molar-refractivity contribution in [2.45, 2.75) is 97.7 Å². The maximum absolute atomic E-state index is 14.2. The zero-order chi connectivity index (χ0) is 40.3. The minimum absolute atomic E-state index is 0.00919. The van der Waals surface area contributed by atoms with Crippen LogP contribution in [0.4, 0.5) is 4.79 Å². The largest absolute Gasteiger partial charge is 0.492 e. The molecule has 1 spiro atoms. The number of rotatable bonds is 17. The summed E-state index contributed by atoms with van der Waals surface area (Å²) in [6.45, 7) is 6.38. The van der Waals surface area contributed by atoms with Crippen LogP contribution in [0.1, 0.15) is 58.4 Å². The van der Waals surface area contributed by atoms with Crippen molar-refractivity contribution >= 4 is 26.0 Å². The van der Waals surface area contributed by atoms with E-state index in [9.17, 15) is 36.9 Å². The van der Waals surface area contributed by atoms with Crippen LogP contribution in [-0.4, -0.2) is 122 Å². The number of aliphatic hydroxyl groups excluding tert-OH is 2. The van der Waals surface area contributed by atoms with E-state index in [0.29, 0.717) is 44.8 Å². The molecule has 2 atom stereocenters. The molecule has 6 rings (SSSR count). The second-order valence-corrected chi connectivity index (χ2v) is 19.6. The summed E-state index contributed by atoms with van der Waals surface area (Å²) in [5.74, 6) is 0.465. The number of piperidine rings is 1. The summed E-state index contributed by atoms with van der Waals surface area (Å²) in [4.78, 5) is 13.6. The van der Waals surface area contributed by atoms with E-state index >= 15 is 0 Å². The van der Waals surface area contributed by atoms with Crippen LogP contribution in [0.5, 0.6) is 11.5 Å². The summed E-state index contributed by atoms with van der Waals surface area (Å²) < 4.78 is 72.3. The highest BCUT2D eigenvalue weighted by molar-refractivity contribution is 7.93. The van der Waals surface area contributed by atoms with Crippen LogP contribution in [0.25, 0.3) is 11.1 Å². The third kappa shape index (κ3) is 9.01. The molecule has 3 aliphatic rings. The predicted octanol–water partition coefficient (Wildman–Crippen LogP) is 4.28. The van der Waals surface area contributed by atoms with Crippen molar-refractivity contribution in [2.24, 2.45) is 0 Å². The first-order chi connectivity index (χ1) is 26.6. The van der Waals surface area contributed by atoms with Gasteiger partial charge in [0.15, 0.2) is 9.84 Å². The van der Waals surface area contributed by atoms with E-state index in [-0.39, 0.29) is 54.1 Å². The van der Waals surface area contributed by atoms with E-state index in [1.54, 1.807) is 25.1 Å². The lowest BCUT2D eigenvalue weighted by Gasteiger charge is -2.38.